The lowest BCUT2D eigenvalue weighted by atomic mass is 9.99. The van der Waals surface area contributed by atoms with Crippen LogP contribution in [0.3, 0.4) is 0 Å². The molecule has 45 heavy (non-hydrogen) atoms. The first kappa shape index (κ1) is 31.3. The number of fused-ring (bicyclic) bond motifs is 1. The average molecular weight is 651 g/mol. The number of alkyl halides is 1. The van der Waals surface area contributed by atoms with Crippen molar-refractivity contribution in [1.82, 2.24) is 19.8 Å². The number of carbonyl (C=O) groups is 1. The van der Waals surface area contributed by atoms with Gasteiger partial charge in [-0.3, -0.25) is 9.52 Å². The van der Waals surface area contributed by atoms with E-state index in [9.17, 15) is 13.2 Å². The summed E-state index contributed by atoms with van der Waals surface area (Å²) in [6, 6.07) is 13.6. The second kappa shape index (κ2) is 13.8. The molecular weight excluding hydrogens is 612 g/mol. The molecule has 0 bridgehead atoms. The van der Waals surface area contributed by atoms with E-state index in [1.165, 1.54) is 31.4 Å². The first-order valence-corrected chi connectivity index (χ1v) is 17.5. The minimum absolute atomic E-state index is 0.0151. The number of carbonyl (C=O) groups excluding carboxylic acids is 1. The summed E-state index contributed by atoms with van der Waals surface area (Å²) >= 11 is 6.57. The van der Waals surface area contributed by atoms with Crippen LogP contribution in [0.4, 0.5) is 11.6 Å². The Kier molecular flexibility index (Phi) is 9.58. The number of nitrogens with one attached hydrogen (secondary N) is 2. The molecule has 0 spiro atoms. The summed E-state index contributed by atoms with van der Waals surface area (Å²) in [5, 5.41) is 2.79. The molecule has 10 nitrogen and oxygen atoms in total. The van der Waals surface area contributed by atoms with E-state index in [1.54, 1.807) is 37.5 Å². The number of nitrogens with zero attached hydrogens (tertiary/aromatic N) is 4. The van der Waals surface area contributed by atoms with Crippen molar-refractivity contribution in [1.29, 1.82) is 0 Å². The van der Waals surface area contributed by atoms with Crippen LogP contribution < -0.4 is 10.0 Å². The van der Waals surface area contributed by atoms with Gasteiger partial charge in [0.05, 0.1) is 28.4 Å². The molecule has 2 aliphatic heterocycles. The number of sulfonamides is 1. The summed E-state index contributed by atoms with van der Waals surface area (Å²) in [4.78, 5) is 27.5. The third kappa shape index (κ3) is 7.26. The Balaban J connectivity index is 1.26. The Bertz CT molecular complexity index is 1720. The van der Waals surface area contributed by atoms with Gasteiger partial charge in [-0.15, -0.1) is 11.6 Å². The molecule has 3 aliphatic rings. The molecule has 2 atom stereocenters. The van der Waals surface area contributed by atoms with E-state index in [2.05, 4.69) is 24.9 Å². The van der Waals surface area contributed by atoms with E-state index in [0.29, 0.717) is 41.0 Å². The topological polar surface area (TPSA) is 117 Å². The molecule has 2 saturated heterocycles. The summed E-state index contributed by atoms with van der Waals surface area (Å²) < 4.78 is 35.6. The molecule has 0 saturated carbocycles. The van der Waals surface area contributed by atoms with Gasteiger partial charge in [0.1, 0.15) is 5.76 Å². The van der Waals surface area contributed by atoms with Gasteiger partial charge in [0, 0.05) is 36.5 Å². The van der Waals surface area contributed by atoms with Crippen LogP contribution in [0.15, 0.2) is 77.0 Å². The van der Waals surface area contributed by atoms with Gasteiger partial charge in [-0.25, -0.2) is 18.4 Å². The van der Waals surface area contributed by atoms with Gasteiger partial charge >= 0.3 is 0 Å². The van der Waals surface area contributed by atoms with Crippen molar-refractivity contribution >= 4 is 50.2 Å². The molecule has 238 valence electrons. The number of likely N-dealkylation sites (tertiary alicyclic amines) is 2. The van der Waals surface area contributed by atoms with Gasteiger partial charge in [0.15, 0.2) is 11.6 Å². The van der Waals surface area contributed by atoms with Crippen molar-refractivity contribution < 1.29 is 17.9 Å². The van der Waals surface area contributed by atoms with Crippen molar-refractivity contribution in [3.05, 3.63) is 77.7 Å². The van der Waals surface area contributed by atoms with Crippen molar-refractivity contribution in [2.24, 2.45) is 0 Å². The number of ether oxygens (including phenoxy) is 1. The Labute approximate surface area is 269 Å². The summed E-state index contributed by atoms with van der Waals surface area (Å²) in [6.45, 7) is 3.67. The number of methoxy groups -OCH3 is 1. The average Bonchev–Trinajstić information content (AvgIpc) is 3.06. The lowest BCUT2D eigenvalue weighted by Gasteiger charge is -2.39. The molecule has 1 aliphatic carbocycles. The molecule has 2 N–H and O–H groups in total. The summed E-state index contributed by atoms with van der Waals surface area (Å²) in [5.74, 6) is 0.716. The minimum atomic E-state index is -4.16. The van der Waals surface area contributed by atoms with Crippen LogP contribution in [0, 0.1) is 0 Å². The van der Waals surface area contributed by atoms with Gasteiger partial charge in [0.25, 0.3) is 15.9 Å². The Morgan fingerprint density at radius 1 is 0.978 bits per heavy atom. The second-order valence-electron chi connectivity index (χ2n) is 11.8. The number of anilines is 2. The van der Waals surface area contributed by atoms with E-state index in [-0.39, 0.29) is 28.5 Å². The molecule has 3 aromatic rings. The maximum absolute atomic E-state index is 13.8. The molecule has 1 amide bonds. The van der Waals surface area contributed by atoms with Crippen LogP contribution in [-0.2, 0) is 14.8 Å². The Hall–Kier alpha value is -3.67. The van der Waals surface area contributed by atoms with Crippen molar-refractivity contribution in [3.8, 4) is 0 Å². The van der Waals surface area contributed by atoms with Crippen LogP contribution in [0.1, 0.15) is 55.3 Å². The maximum Gasteiger partial charge on any atom is 0.263 e. The molecule has 3 heterocycles. The van der Waals surface area contributed by atoms with E-state index >= 15 is 0 Å². The van der Waals surface area contributed by atoms with E-state index in [0.717, 1.165) is 38.9 Å². The fourth-order valence-electron chi connectivity index (χ4n) is 6.25. The summed E-state index contributed by atoms with van der Waals surface area (Å²) in [5.41, 5.74) is 2.06. The van der Waals surface area contributed by atoms with Crippen LogP contribution in [-0.4, -0.2) is 78.8 Å². The molecule has 2 fully saturated rings. The molecule has 6 rings (SSSR count). The number of hydrogen-bond acceptors (Lipinski definition) is 8. The van der Waals surface area contributed by atoms with Gasteiger partial charge in [-0.05, 0) is 88.0 Å². The van der Waals surface area contributed by atoms with Crippen molar-refractivity contribution in [2.75, 3.05) is 43.3 Å². The highest BCUT2D eigenvalue weighted by Gasteiger charge is 2.30. The first-order valence-electron chi connectivity index (χ1n) is 15.6. The molecule has 2 unspecified atom stereocenters. The van der Waals surface area contributed by atoms with Gasteiger partial charge in [-0.1, -0.05) is 24.6 Å². The zero-order chi connectivity index (χ0) is 31.4. The van der Waals surface area contributed by atoms with Crippen LogP contribution >= 0.6 is 11.6 Å². The van der Waals surface area contributed by atoms with Crippen molar-refractivity contribution in [3.63, 3.8) is 0 Å². The third-order valence-electron chi connectivity index (χ3n) is 8.66. The minimum Gasteiger partial charge on any atom is -0.497 e. The molecule has 2 aromatic carbocycles. The number of amides is 1. The van der Waals surface area contributed by atoms with E-state index < -0.39 is 15.4 Å². The predicted octanol–water partition coefficient (Wildman–Crippen LogP) is 5.75. The lowest BCUT2D eigenvalue weighted by molar-refractivity contribution is 0.0528. The third-order valence-corrected chi connectivity index (χ3v) is 10.4. The number of piperidine rings is 2. The molecule has 0 radical (unpaired) electrons. The van der Waals surface area contributed by atoms with E-state index in [1.807, 2.05) is 23.1 Å². The fraction of sp³-hybridized carbons (Fsp3) is 0.424. The number of allylic oxidation sites excluding steroid dienone is 3. The van der Waals surface area contributed by atoms with Gasteiger partial charge in [0.2, 0.25) is 0 Å². The molecule has 1 aromatic heterocycles. The highest BCUT2D eigenvalue weighted by molar-refractivity contribution is 7.92. The zero-order valence-corrected chi connectivity index (χ0v) is 27.0. The Morgan fingerprint density at radius 3 is 2.47 bits per heavy atom. The summed E-state index contributed by atoms with van der Waals surface area (Å²) in [6.07, 6.45) is 10.8. The second-order valence-corrected chi connectivity index (χ2v) is 14.0. The number of rotatable bonds is 9. The Morgan fingerprint density at radius 2 is 1.71 bits per heavy atom. The number of benzene rings is 2. The number of halogens is 1. The first-order chi connectivity index (χ1) is 21.8. The van der Waals surface area contributed by atoms with Crippen LogP contribution in [0.5, 0.6) is 0 Å². The van der Waals surface area contributed by atoms with Gasteiger partial charge in [-0.2, -0.15) is 0 Å². The number of hydrogen-bond donors (Lipinski definition) is 2. The number of aromatic nitrogens is 2. The van der Waals surface area contributed by atoms with E-state index in [4.69, 9.17) is 16.3 Å². The SMILES string of the molecule is COC1=CCC(Cl)C(Nc2nc3ccccc3nc2NS(=O)(=O)c2cccc(C(=O)N3CCCCC3CN3CCCCC3)c2)=C1. The van der Waals surface area contributed by atoms with Crippen LogP contribution in [0.25, 0.3) is 11.0 Å². The maximum atomic E-state index is 13.8. The quantitative estimate of drug-likeness (QED) is 0.281. The fourth-order valence-corrected chi connectivity index (χ4v) is 7.51. The van der Waals surface area contributed by atoms with Gasteiger partial charge < -0.3 is 19.9 Å². The predicted molar refractivity (Wildman–Crippen MR) is 177 cm³/mol. The smallest absolute Gasteiger partial charge is 0.263 e. The molecular formula is C33H39ClN6O4S. The monoisotopic (exact) mass is 650 g/mol. The standard InChI is InChI=1S/C33H39ClN6O4S/c1-44-25-15-16-27(34)30(21-25)37-31-32(36-29-14-4-3-13-28(29)35-31)38-45(42,43)26-12-9-10-23(20-26)33(41)40-19-8-5-11-24(40)22-39-17-6-2-7-18-39/h3-4,9-10,12-15,20-21,24,27H,2,5-8,11,16-19,22H2,1H3,(H,35,37)(H,36,38). The zero-order valence-electron chi connectivity index (χ0n) is 25.4. The highest BCUT2D eigenvalue weighted by atomic mass is 35.5. The number of para-hydroxylation sites is 2. The normalized spacial score (nSPS) is 21.2. The lowest BCUT2D eigenvalue weighted by Crippen LogP contribution is -2.50. The van der Waals surface area contributed by atoms with Crippen LogP contribution in [0.2, 0.25) is 0 Å². The largest absolute Gasteiger partial charge is 0.497 e. The summed E-state index contributed by atoms with van der Waals surface area (Å²) in [7, 11) is -2.58. The highest BCUT2D eigenvalue weighted by Crippen LogP contribution is 2.30. The van der Waals surface area contributed by atoms with Crippen molar-refractivity contribution in [2.45, 2.75) is 61.3 Å². The molecule has 12 heteroatoms.